The van der Waals surface area contributed by atoms with Crippen molar-refractivity contribution < 1.29 is 14.3 Å². The summed E-state index contributed by atoms with van der Waals surface area (Å²) >= 11 is 1.38. The number of aryl methyl sites for hydroxylation is 1. The number of carbonyl (C=O) groups is 2. The van der Waals surface area contributed by atoms with Crippen LogP contribution in [0.25, 0.3) is 11.1 Å². The fraction of sp³-hybridized carbons (Fsp3) is 0.368. The van der Waals surface area contributed by atoms with Gasteiger partial charge in [-0.05, 0) is 32.3 Å². The lowest BCUT2D eigenvalue weighted by Gasteiger charge is -2.23. The van der Waals surface area contributed by atoms with E-state index in [0.29, 0.717) is 17.2 Å². The first-order chi connectivity index (χ1) is 11.6. The third kappa shape index (κ3) is 3.36. The molecular formula is C19H21NO3S. The number of esters is 1. The van der Waals surface area contributed by atoms with Gasteiger partial charge >= 0.3 is 5.97 Å². The van der Waals surface area contributed by atoms with Crippen LogP contribution in [-0.2, 0) is 9.53 Å². The summed E-state index contributed by atoms with van der Waals surface area (Å²) in [5.74, 6) is -0.313. The van der Waals surface area contributed by atoms with Crippen LogP contribution in [0.3, 0.4) is 0 Å². The molecule has 24 heavy (non-hydrogen) atoms. The van der Waals surface area contributed by atoms with Gasteiger partial charge in [0.1, 0.15) is 10.6 Å². The molecule has 3 rings (SSSR count). The van der Waals surface area contributed by atoms with E-state index < -0.39 is 5.97 Å². The SMILES string of the molecule is CCOC(=O)c1c(-c2ccc(C)cc2)csc1NC(=O)C1CCC1. The lowest BCUT2D eigenvalue weighted by atomic mass is 9.85. The van der Waals surface area contributed by atoms with Gasteiger partial charge in [-0.3, -0.25) is 4.79 Å². The molecule has 5 heteroatoms. The fourth-order valence-corrected chi connectivity index (χ4v) is 3.65. The van der Waals surface area contributed by atoms with Gasteiger partial charge in [-0.25, -0.2) is 4.79 Å². The first-order valence-corrected chi connectivity index (χ1v) is 9.14. The molecule has 0 atom stereocenters. The van der Waals surface area contributed by atoms with Gasteiger partial charge in [0.25, 0.3) is 0 Å². The number of amides is 1. The minimum Gasteiger partial charge on any atom is -0.462 e. The molecule has 1 heterocycles. The normalized spacial score (nSPS) is 14.1. The van der Waals surface area contributed by atoms with Gasteiger partial charge in [-0.15, -0.1) is 11.3 Å². The largest absolute Gasteiger partial charge is 0.462 e. The van der Waals surface area contributed by atoms with Gasteiger partial charge in [0.05, 0.1) is 6.61 Å². The lowest BCUT2D eigenvalue weighted by Crippen LogP contribution is -2.28. The standard InChI is InChI=1S/C19H21NO3S/c1-3-23-19(22)16-15(13-9-7-12(2)8-10-13)11-24-18(16)20-17(21)14-5-4-6-14/h7-11,14H,3-6H2,1-2H3,(H,20,21). The van der Waals surface area contributed by atoms with Crippen LogP contribution >= 0.6 is 11.3 Å². The van der Waals surface area contributed by atoms with Gasteiger partial charge in [0, 0.05) is 16.9 Å². The van der Waals surface area contributed by atoms with Gasteiger partial charge in [0.15, 0.2) is 0 Å². The Bertz CT molecular complexity index is 744. The second-order valence-electron chi connectivity index (χ2n) is 6.06. The van der Waals surface area contributed by atoms with Gasteiger partial charge in [0.2, 0.25) is 5.91 Å². The summed E-state index contributed by atoms with van der Waals surface area (Å²) in [6.45, 7) is 4.11. The summed E-state index contributed by atoms with van der Waals surface area (Å²) in [7, 11) is 0. The quantitative estimate of drug-likeness (QED) is 0.805. The summed E-state index contributed by atoms with van der Waals surface area (Å²) in [5, 5.41) is 5.43. The average molecular weight is 343 g/mol. The Hall–Kier alpha value is -2.14. The topological polar surface area (TPSA) is 55.4 Å². The number of rotatable bonds is 5. The van der Waals surface area contributed by atoms with E-state index in [4.69, 9.17) is 4.74 Å². The molecule has 0 radical (unpaired) electrons. The first-order valence-electron chi connectivity index (χ1n) is 8.26. The van der Waals surface area contributed by atoms with Crippen molar-refractivity contribution in [3.05, 3.63) is 40.8 Å². The monoisotopic (exact) mass is 343 g/mol. The molecule has 126 valence electrons. The maximum atomic E-state index is 12.5. The summed E-state index contributed by atoms with van der Waals surface area (Å²) in [6.07, 6.45) is 2.95. The van der Waals surface area contributed by atoms with Crippen LogP contribution in [0, 0.1) is 12.8 Å². The number of hydrogen-bond acceptors (Lipinski definition) is 4. The van der Waals surface area contributed by atoms with Crippen molar-refractivity contribution in [3.63, 3.8) is 0 Å². The summed E-state index contributed by atoms with van der Waals surface area (Å²) in [5.41, 5.74) is 3.37. The number of carbonyl (C=O) groups excluding carboxylic acids is 2. The van der Waals surface area contributed by atoms with Crippen molar-refractivity contribution in [2.75, 3.05) is 11.9 Å². The Kier molecular flexibility index (Phi) is 5.00. The molecule has 0 unspecified atom stereocenters. The molecular weight excluding hydrogens is 322 g/mol. The molecule has 1 saturated carbocycles. The molecule has 1 amide bonds. The van der Waals surface area contributed by atoms with Crippen LogP contribution in [0.2, 0.25) is 0 Å². The molecule has 0 spiro atoms. The van der Waals surface area contributed by atoms with E-state index in [-0.39, 0.29) is 11.8 Å². The molecule has 4 nitrogen and oxygen atoms in total. The molecule has 1 aromatic heterocycles. The Morgan fingerprint density at radius 3 is 2.54 bits per heavy atom. The van der Waals surface area contributed by atoms with Gasteiger partial charge < -0.3 is 10.1 Å². The minimum atomic E-state index is -0.391. The van der Waals surface area contributed by atoms with E-state index in [1.807, 2.05) is 36.6 Å². The third-order valence-corrected chi connectivity index (χ3v) is 5.24. The van der Waals surface area contributed by atoms with Crippen LogP contribution < -0.4 is 5.32 Å². The molecule has 0 aliphatic heterocycles. The highest BCUT2D eigenvalue weighted by molar-refractivity contribution is 7.15. The fourth-order valence-electron chi connectivity index (χ4n) is 2.69. The Balaban J connectivity index is 1.94. The average Bonchev–Trinajstić information content (AvgIpc) is 2.90. The maximum absolute atomic E-state index is 12.5. The predicted molar refractivity (Wildman–Crippen MR) is 96.4 cm³/mol. The second kappa shape index (κ2) is 7.18. The zero-order valence-corrected chi connectivity index (χ0v) is 14.7. The Labute approximate surface area is 145 Å². The highest BCUT2D eigenvalue weighted by Crippen LogP contribution is 2.37. The van der Waals surface area contributed by atoms with Crippen molar-refractivity contribution in [2.45, 2.75) is 33.1 Å². The van der Waals surface area contributed by atoms with E-state index in [9.17, 15) is 9.59 Å². The Morgan fingerprint density at radius 1 is 1.25 bits per heavy atom. The van der Waals surface area contributed by atoms with Crippen LogP contribution in [0.1, 0.15) is 42.1 Å². The summed E-state index contributed by atoms with van der Waals surface area (Å²) < 4.78 is 5.21. The number of nitrogens with one attached hydrogen (secondary N) is 1. The Morgan fingerprint density at radius 2 is 1.96 bits per heavy atom. The van der Waals surface area contributed by atoms with Gasteiger partial charge in [-0.2, -0.15) is 0 Å². The third-order valence-electron chi connectivity index (χ3n) is 4.35. The van der Waals surface area contributed by atoms with Crippen LogP contribution in [-0.4, -0.2) is 18.5 Å². The van der Waals surface area contributed by atoms with E-state index in [1.165, 1.54) is 11.3 Å². The summed E-state index contributed by atoms with van der Waals surface area (Å²) in [6, 6.07) is 7.98. The zero-order chi connectivity index (χ0) is 17.1. The zero-order valence-electron chi connectivity index (χ0n) is 13.9. The number of anilines is 1. The van der Waals surface area contributed by atoms with Crippen LogP contribution in [0.15, 0.2) is 29.6 Å². The van der Waals surface area contributed by atoms with E-state index in [1.54, 1.807) is 6.92 Å². The molecule has 1 fully saturated rings. The molecule has 1 aliphatic carbocycles. The van der Waals surface area contributed by atoms with Gasteiger partial charge in [-0.1, -0.05) is 36.2 Å². The first kappa shape index (κ1) is 16.7. The maximum Gasteiger partial charge on any atom is 0.341 e. The molecule has 0 bridgehead atoms. The molecule has 0 saturated heterocycles. The molecule has 2 aromatic rings. The van der Waals surface area contributed by atoms with Crippen molar-refractivity contribution in [1.29, 1.82) is 0 Å². The number of hydrogen-bond donors (Lipinski definition) is 1. The highest BCUT2D eigenvalue weighted by Gasteiger charge is 2.28. The smallest absolute Gasteiger partial charge is 0.341 e. The van der Waals surface area contributed by atoms with Crippen molar-refractivity contribution >= 4 is 28.2 Å². The molecule has 1 aliphatic rings. The molecule has 1 aromatic carbocycles. The van der Waals surface area contributed by atoms with Crippen molar-refractivity contribution in [2.24, 2.45) is 5.92 Å². The predicted octanol–water partition coefficient (Wildman–Crippen LogP) is 4.64. The van der Waals surface area contributed by atoms with E-state index in [2.05, 4.69) is 5.32 Å². The minimum absolute atomic E-state index is 0.00380. The van der Waals surface area contributed by atoms with Crippen LogP contribution in [0.5, 0.6) is 0 Å². The van der Waals surface area contributed by atoms with E-state index >= 15 is 0 Å². The number of thiophene rings is 1. The van der Waals surface area contributed by atoms with E-state index in [0.717, 1.165) is 36.0 Å². The lowest BCUT2D eigenvalue weighted by molar-refractivity contribution is -0.122. The highest BCUT2D eigenvalue weighted by atomic mass is 32.1. The van der Waals surface area contributed by atoms with Crippen LogP contribution in [0.4, 0.5) is 5.00 Å². The molecule has 1 N–H and O–H groups in total. The number of benzene rings is 1. The summed E-state index contributed by atoms with van der Waals surface area (Å²) in [4.78, 5) is 24.7. The van der Waals surface area contributed by atoms with Crippen molar-refractivity contribution in [1.82, 2.24) is 0 Å². The number of ether oxygens (including phenoxy) is 1. The second-order valence-corrected chi connectivity index (χ2v) is 6.94. The van der Waals surface area contributed by atoms with Crippen molar-refractivity contribution in [3.8, 4) is 11.1 Å².